The highest BCUT2D eigenvalue weighted by molar-refractivity contribution is 7.94. The zero-order valence-electron chi connectivity index (χ0n) is 16.4. The van der Waals surface area contributed by atoms with Crippen molar-refractivity contribution in [3.05, 3.63) is 59.7 Å². The lowest BCUT2D eigenvalue weighted by molar-refractivity contribution is -0.119. The lowest BCUT2D eigenvalue weighted by Gasteiger charge is -2.23. The van der Waals surface area contributed by atoms with Crippen LogP contribution in [0.4, 0.5) is 11.4 Å². The third-order valence-corrected chi connectivity index (χ3v) is 6.55. The van der Waals surface area contributed by atoms with E-state index in [0.717, 1.165) is 9.87 Å². The van der Waals surface area contributed by atoms with Crippen LogP contribution in [-0.2, 0) is 20.2 Å². The second-order valence-electron chi connectivity index (χ2n) is 8.08. The summed E-state index contributed by atoms with van der Waals surface area (Å²) in [7, 11) is -3.71. The molecule has 1 aliphatic rings. The average Bonchev–Trinajstić information content (AvgIpc) is 2.81. The normalized spacial score (nSPS) is 18.9. The van der Waals surface area contributed by atoms with Crippen LogP contribution in [0.2, 0.25) is 0 Å². The van der Waals surface area contributed by atoms with E-state index in [1.165, 1.54) is 12.1 Å². The molecule has 6 nitrogen and oxygen atoms in total. The van der Waals surface area contributed by atoms with Crippen LogP contribution in [-0.4, -0.2) is 26.0 Å². The van der Waals surface area contributed by atoms with Crippen molar-refractivity contribution in [3.63, 3.8) is 0 Å². The molecule has 2 amide bonds. The molecule has 1 heterocycles. The molecule has 0 aromatic heterocycles. The smallest absolute Gasteiger partial charge is 0.255 e. The number of carbonyl (C=O) groups is 2. The van der Waals surface area contributed by atoms with Crippen molar-refractivity contribution in [2.24, 2.45) is 5.92 Å². The maximum absolute atomic E-state index is 12.8. The van der Waals surface area contributed by atoms with Crippen molar-refractivity contribution in [2.45, 2.75) is 33.1 Å². The number of rotatable bonds is 3. The number of amides is 2. The Balaban J connectivity index is 1.92. The fraction of sp³-hybridized carbons (Fsp3) is 0.333. The minimum atomic E-state index is -3.71. The van der Waals surface area contributed by atoms with Crippen LogP contribution in [0.5, 0.6) is 0 Å². The summed E-state index contributed by atoms with van der Waals surface area (Å²) in [6, 6.07) is 13.7. The van der Waals surface area contributed by atoms with Crippen molar-refractivity contribution < 1.29 is 18.0 Å². The van der Waals surface area contributed by atoms with E-state index in [4.69, 9.17) is 0 Å². The summed E-state index contributed by atoms with van der Waals surface area (Å²) in [6.45, 7) is 7.76. The van der Waals surface area contributed by atoms with Crippen LogP contribution < -0.4 is 9.62 Å². The first-order chi connectivity index (χ1) is 13.0. The minimum absolute atomic E-state index is 0.155. The van der Waals surface area contributed by atoms with Crippen molar-refractivity contribution in [1.82, 2.24) is 0 Å². The summed E-state index contributed by atoms with van der Waals surface area (Å²) in [6.07, 6.45) is 0. The van der Waals surface area contributed by atoms with E-state index in [-0.39, 0.29) is 28.3 Å². The molecule has 148 valence electrons. The maximum atomic E-state index is 12.8. The Kier molecular flexibility index (Phi) is 5.06. The van der Waals surface area contributed by atoms with Gasteiger partial charge in [-0.2, -0.15) is 0 Å². The molecule has 0 saturated carbocycles. The summed E-state index contributed by atoms with van der Waals surface area (Å²) < 4.78 is 25.4. The van der Waals surface area contributed by atoms with Gasteiger partial charge in [-0.15, -0.1) is 0 Å². The van der Waals surface area contributed by atoms with Crippen LogP contribution in [0.25, 0.3) is 0 Å². The Morgan fingerprint density at radius 2 is 1.79 bits per heavy atom. The Hall–Kier alpha value is -2.67. The first kappa shape index (κ1) is 20.1. The van der Waals surface area contributed by atoms with E-state index in [0.29, 0.717) is 5.69 Å². The zero-order valence-corrected chi connectivity index (χ0v) is 17.2. The van der Waals surface area contributed by atoms with Gasteiger partial charge in [0.1, 0.15) is 0 Å². The Bertz CT molecular complexity index is 1040. The van der Waals surface area contributed by atoms with Crippen LogP contribution >= 0.6 is 0 Å². The number of carbonyl (C=O) groups excluding carboxylic acids is 2. The number of nitrogens with zero attached hydrogens (tertiary/aromatic N) is 1. The number of benzene rings is 2. The lowest BCUT2D eigenvalue weighted by Crippen LogP contribution is -2.30. The third kappa shape index (κ3) is 3.80. The van der Waals surface area contributed by atoms with Gasteiger partial charge in [0.15, 0.2) is 0 Å². The summed E-state index contributed by atoms with van der Waals surface area (Å²) >= 11 is 0. The second kappa shape index (κ2) is 7.05. The molecule has 28 heavy (non-hydrogen) atoms. The van der Waals surface area contributed by atoms with Gasteiger partial charge in [0.2, 0.25) is 15.9 Å². The van der Waals surface area contributed by atoms with Gasteiger partial charge in [-0.25, -0.2) is 12.7 Å². The summed E-state index contributed by atoms with van der Waals surface area (Å²) in [4.78, 5) is 25.1. The molecule has 2 aromatic carbocycles. The number of nitrogens with one attached hydrogen (secondary N) is 1. The van der Waals surface area contributed by atoms with Crippen LogP contribution in [0.3, 0.4) is 0 Å². The number of hydrogen-bond acceptors (Lipinski definition) is 4. The van der Waals surface area contributed by atoms with Gasteiger partial charge >= 0.3 is 0 Å². The molecule has 0 spiro atoms. The van der Waals surface area contributed by atoms with E-state index >= 15 is 0 Å². The number of anilines is 2. The topological polar surface area (TPSA) is 83.6 Å². The summed E-state index contributed by atoms with van der Waals surface area (Å²) in [5.74, 6) is -1.66. The lowest BCUT2D eigenvalue weighted by atomic mass is 9.86. The summed E-state index contributed by atoms with van der Waals surface area (Å²) in [5.41, 5.74) is 2.00. The maximum Gasteiger partial charge on any atom is 0.255 e. The molecule has 0 bridgehead atoms. The first-order valence-corrected chi connectivity index (χ1v) is 10.7. The van der Waals surface area contributed by atoms with E-state index in [9.17, 15) is 18.0 Å². The molecule has 3 rings (SSSR count). The van der Waals surface area contributed by atoms with Crippen molar-refractivity contribution in [1.29, 1.82) is 0 Å². The number of para-hydroxylation sites is 1. The molecule has 1 N–H and O–H groups in total. The number of hydrogen-bond donors (Lipinski definition) is 1. The minimum Gasteiger partial charge on any atom is -0.322 e. The molecule has 0 radical (unpaired) electrons. The van der Waals surface area contributed by atoms with Gasteiger partial charge in [-0.05, 0) is 35.2 Å². The van der Waals surface area contributed by atoms with E-state index in [2.05, 4.69) is 26.1 Å². The van der Waals surface area contributed by atoms with Crippen LogP contribution in [0, 0.1) is 5.92 Å². The van der Waals surface area contributed by atoms with Crippen molar-refractivity contribution in [2.75, 3.05) is 15.4 Å². The third-order valence-electron chi connectivity index (χ3n) is 4.69. The largest absolute Gasteiger partial charge is 0.322 e. The van der Waals surface area contributed by atoms with Crippen molar-refractivity contribution >= 4 is 33.2 Å². The highest BCUT2D eigenvalue weighted by atomic mass is 32.2. The molecular formula is C21H24N2O4S. The molecular weight excluding hydrogens is 376 g/mol. The van der Waals surface area contributed by atoms with Crippen molar-refractivity contribution in [3.8, 4) is 0 Å². The Labute approximate surface area is 165 Å². The predicted molar refractivity (Wildman–Crippen MR) is 110 cm³/mol. The van der Waals surface area contributed by atoms with Gasteiger partial charge in [-0.3, -0.25) is 9.59 Å². The van der Waals surface area contributed by atoms with E-state index in [1.807, 2.05) is 24.3 Å². The van der Waals surface area contributed by atoms with Gasteiger partial charge in [-0.1, -0.05) is 52.0 Å². The predicted octanol–water partition coefficient (Wildman–Crippen LogP) is 3.55. The van der Waals surface area contributed by atoms with Crippen LogP contribution in [0.15, 0.2) is 48.5 Å². The SMILES string of the molecule is CC1CS(=O)(=O)N(c2cccc(C(=O)Nc3ccccc3C(C)(C)C)c2)C1=O. The average molecular weight is 401 g/mol. The fourth-order valence-electron chi connectivity index (χ4n) is 3.30. The van der Waals surface area contributed by atoms with Gasteiger partial charge in [0.25, 0.3) is 5.91 Å². The quantitative estimate of drug-likeness (QED) is 0.854. The van der Waals surface area contributed by atoms with Gasteiger partial charge < -0.3 is 5.32 Å². The molecule has 1 aliphatic heterocycles. The Morgan fingerprint density at radius 1 is 1.11 bits per heavy atom. The molecule has 7 heteroatoms. The molecule has 1 atom stereocenters. The van der Waals surface area contributed by atoms with E-state index < -0.39 is 21.8 Å². The molecule has 0 aliphatic carbocycles. The Morgan fingerprint density at radius 3 is 2.39 bits per heavy atom. The standard InChI is InChI=1S/C21H24N2O4S/c1-14-13-28(26,27)23(20(14)25)16-9-7-8-15(12-16)19(24)22-18-11-6-5-10-17(18)21(2,3)4/h5-12,14H,13H2,1-4H3,(H,22,24). The van der Waals surface area contributed by atoms with Gasteiger partial charge in [0, 0.05) is 11.3 Å². The summed E-state index contributed by atoms with van der Waals surface area (Å²) in [5, 5.41) is 2.90. The monoisotopic (exact) mass is 400 g/mol. The molecule has 1 unspecified atom stereocenters. The zero-order chi connectivity index (χ0) is 20.7. The molecule has 1 saturated heterocycles. The van der Waals surface area contributed by atoms with Crippen LogP contribution in [0.1, 0.15) is 43.6 Å². The molecule has 2 aromatic rings. The number of sulfonamides is 1. The second-order valence-corrected chi connectivity index (χ2v) is 9.94. The van der Waals surface area contributed by atoms with E-state index in [1.54, 1.807) is 19.1 Å². The molecule has 1 fully saturated rings. The fourth-order valence-corrected chi connectivity index (χ4v) is 5.11. The first-order valence-electron chi connectivity index (χ1n) is 9.08. The van der Waals surface area contributed by atoms with Gasteiger partial charge in [0.05, 0.1) is 17.4 Å². The highest BCUT2D eigenvalue weighted by Crippen LogP contribution is 2.31. The highest BCUT2D eigenvalue weighted by Gasteiger charge is 2.42.